The third kappa shape index (κ3) is 3.71. The van der Waals surface area contributed by atoms with Gasteiger partial charge in [-0.1, -0.05) is 0 Å². The van der Waals surface area contributed by atoms with Crippen molar-refractivity contribution in [2.45, 2.75) is 25.1 Å². The standard InChI is InChI=1S/C13H12F3N3O/c14-13(15,16)10-5-8(6-17)1-4-11(10)19-12(20)7-18-9-2-3-9/h1,4-5,9,18H,2-3,7H2,(H,19,20). The smallest absolute Gasteiger partial charge is 0.324 e. The van der Waals surface area contributed by atoms with Gasteiger partial charge in [-0.05, 0) is 31.0 Å². The Hall–Kier alpha value is -2.07. The van der Waals surface area contributed by atoms with Crippen molar-refractivity contribution in [1.82, 2.24) is 5.32 Å². The van der Waals surface area contributed by atoms with E-state index in [0.29, 0.717) is 6.04 Å². The number of nitriles is 1. The monoisotopic (exact) mass is 283 g/mol. The molecule has 106 valence electrons. The molecule has 1 aromatic carbocycles. The van der Waals surface area contributed by atoms with Gasteiger partial charge in [0, 0.05) is 6.04 Å². The molecule has 2 N–H and O–H groups in total. The lowest BCUT2D eigenvalue weighted by Crippen LogP contribution is -2.30. The Kier molecular flexibility index (Phi) is 3.95. The maximum Gasteiger partial charge on any atom is 0.418 e. The fourth-order valence-corrected chi connectivity index (χ4v) is 1.68. The van der Waals surface area contributed by atoms with E-state index in [1.54, 1.807) is 6.07 Å². The van der Waals surface area contributed by atoms with Crippen LogP contribution in [0.5, 0.6) is 0 Å². The summed E-state index contributed by atoms with van der Waals surface area (Å²) in [5.41, 5.74) is -1.46. The summed E-state index contributed by atoms with van der Waals surface area (Å²) in [4.78, 5) is 11.6. The molecule has 0 bridgehead atoms. The van der Waals surface area contributed by atoms with E-state index < -0.39 is 17.6 Å². The number of nitrogens with one attached hydrogen (secondary N) is 2. The van der Waals surface area contributed by atoms with Crippen LogP contribution in [-0.4, -0.2) is 18.5 Å². The van der Waals surface area contributed by atoms with Crippen molar-refractivity contribution >= 4 is 11.6 Å². The van der Waals surface area contributed by atoms with Crippen LogP contribution in [0.25, 0.3) is 0 Å². The zero-order chi connectivity index (χ0) is 14.8. The Balaban J connectivity index is 2.13. The Bertz CT molecular complexity index is 559. The molecule has 1 aliphatic carbocycles. The molecule has 0 aromatic heterocycles. The number of amides is 1. The molecule has 0 unspecified atom stereocenters. The van der Waals surface area contributed by atoms with Crippen LogP contribution in [0.1, 0.15) is 24.0 Å². The van der Waals surface area contributed by atoms with Crippen molar-refractivity contribution in [1.29, 1.82) is 5.26 Å². The molecule has 0 radical (unpaired) electrons. The maximum absolute atomic E-state index is 12.9. The highest BCUT2D eigenvalue weighted by Gasteiger charge is 2.34. The van der Waals surface area contributed by atoms with Crippen molar-refractivity contribution in [2.75, 3.05) is 11.9 Å². The Labute approximate surface area is 113 Å². The second-order valence-corrected chi connectivity index (χ2v) is 4.57. The predicted octanol–water partition coefficient (Wildman–Crippen LogP) is 2.27. The van der Waals surface area contributed by atoms with Gasteiger partial charge in [-0.2, -0.15) is 18.4 Å². The molecule has 1 aliphatic rings. The van der Waals surface area contributed by atoms with Gasteiger partial charge >= 0.3 is 6.18 Å². The van der Waals surface area contributed by atoms with Gasteiger partial charge in [0.2, 0.25) is 5.91 Å². The van der Waals surface area contributed by atoms with Crippen molar-refractivity contribution in [3.8, 4) is 6.07 Å². The van der Waals surface area contributed by atoms with Crippen LogP contribution in [-0.2, 0) is 11.0 Å². The summed E-state index contributed by atoms with van der Waals surface area (Å²) in [6, 6.07) is 4.99. The number of nitrogens with zero attached hydrogens (tertiary/aromatic N) is 1. The molecule has 2 rings (SSSR count). The van der Waals surface area contributed by atoms with Gasteiger partial charge in [-0.3, -0.25) is 4.79 Å². The number of carbonyl (C=O) groups excluding carboxylic acids is 1. The van der Waals surface area contributed by atoms with E-state index in [0.717, 1.165) is 25.0 Å². The van der Waals surface area contributed by atoms with Gasteiger partial charge in [0.05, 0.1) is 29.4 Å². The summed E-state index contributed by atoms with van der Waals surface area (Å²) in [6.45, 7) is -0.0258. The minimum atomic E-state index is -4.63. The fourth-order valence-electron chi connectivity index (χ4n) is 1.68. The third-order valence-corrected chi connectivity index (χ3v) is 2.86. The quantitative estimate of drug-likeness (QED) is 0.891. The second kappa shape index (κ2) is 5.51. The number of rotatable bonds is 4. The molecular weight excluding hydrogens is 271 g/mol. The molecule has 0 saturated heterocycles. The van der Waals surface area contributed by atoms with Gasteiger partial charge in [0.25, 0.3) is 0 Å². The number of benzene rings is 1. The normalized spacial score (nSPS) is 14.7. The van der Waals surface area contributed by atoms with E-state index >= 15 is 0 Å². The van der Waals surface area contributed by atoms with Gasteiger partial charge in [-0.25, -0.2) is 0 Å². The first kappa shape index (κ1) is 14.3. The van der Waals surface area contributed by atoms with Crippen molar-refractivity contribution in [2.24, 2.45) is 0 Å². The van der Waals surface area contributed by atoms with E-state index in [2.05, 4.69) is 10.6 Å². The summed E-state index contributed by atoms with van der Waals surface area (Å²) >= 11 is 0. The summed E-state index contributed by atoms with van der Waals surface area (Å²) < 4.78 is 38.6. The average molecular weight is 283 g/mol. The summed E-state index contributed by atoms with van der Waals surface area (Å²) in [5, 5.41) is 13.8. The molecular formula is C13H12F3N3O. The average Bonchev–Trinajstić information content (AvgIpc) is 3.19. The van der Waals surface area contributed by atoms with Crippen molar-refractivity contribution < 1.29 is 18.0 Å². The highest BCUT2D eigenvalue weighted by molar-refractivity contribution is 5.93. The molecule has 4 nitrogen and oxygen atoms in total. The summed E-state index contributed by atoms with van der Waals surface area (Å²) in [7, 11) is 0. The molecule has 1 fully saturated rings. The minimum Gasteiger partial charge on any atom is -0.324 e. The van der Waals surface area contributed by atoms with E-state index in [4.69, 9.17) is 5.26 Å². The van der Waals surface area contributed by atoms with Gasteiger partial charge in [0.1, 0.15) is 0 Å². The SMILES string of the molecule is N#Cc1ccc(NC(=O)CNC2CC2)c(C(F)(F)F)c1. The molecule has 0 atom stereocenters. The number of hydrogen-bond donors (Lipinski definition) is 2. The zero-order valence-electron chi connectivity index (χ0n) is 10.4. The zero-order valence-corrected chi connectivity index (χ0v) is 10.4. The molecule has 1 saturated carbocycles. The molecule has 20 heavy (non-hydrogen) atoms. The van der Waals surface area contributed by atoms with Crippen LogP contribution in [0, 0.1) is 11.3 Å². The van der Waals surface area contributed by atoms with Crippen LogP contribution in [0.3, 0.4) is 0 Å². The summed E-state index contributed by atoms with van der Waals surface area (Å²) in [5.74, 6) is -0.535. The first-order valence-electron chi connectivity index (χ1n) is 6.04. The predicted molar refractivity (Wildman–Crippen MR) is 65.8 cm³/mol. The van der Waals surface area contributed by atoms with Crippen LogP contribution in [0.2, 0.25) is 0 Å². The van der Waals surface area contributed by atoms with E-state index in [9.17, 15) is 18.0 Å². The van der Waals surface area contributed by atoms with Crippen molar-refractivity contribution in [3.05, 3.63) is 29.3 Å². The lowest BCUT2D eigenvalue weighted by Gasteiger charge is -2.14. The van der Waals surface area contributed by atoms with Gasteiger partial charge in [-0.15, -0.1) is 0 Å². The largest absolute Gasteiger partial charge is 0.418 e. The lowest BCUT2D eigenvalue weighted by atomic mass is 10.1. The lowest BCUT2D eigenvalue weighted by molar-refractivity contribution is -0.137. The van der Waals surface area contributed by atoms with Gasteiger partial charge in [0.15, 0.2) is 0 Å². The number of anilines is 1. The molecule has 0 aliphatic heterocycles. The van der Waals surface area contributed by atoms with Crippen molar-refractivity contribution in [3.63, 3.8) is 0 Å². The Morgan fingerprint density at radius 2 is 2.10 bits per heavy atom. The number of carbonyl (C=O) groups is 1. The highest BCUT2D eigenvalue weighted by atomic mass is 19.4. The number of halogens is 3. The summed E-state index contributed by atoms with van der Waals surface area (Å²) in [6.07, 6.45) is -2.66. The van der Waals surface area contributed by atoms with E-state index in [-0.39, 0.29) is 17.8 Å². The van der Waals surface area contributed by atoms with Gasteiger partial charge < -0.3 is 10.6 Å². The first-order valence-corrected chi connectivity index (χ1v) is 6.04. The second-order valence-electron chi connectivity index (χ2n) is 4.57. The molecule has 0 spiro atoms. The third-order valence-electron chi connectivity index (χ3n) is 2.86. The van der Waals surface area contributed by atoms with Crippen LogP contribution in [0.4, 0.5) is 18.9 Å². The van der Waals surface area contributed by atoms with Crippen LogP contribution in [0.15, 0.2) is 18.2 Å². The Morgan fingerprint density at radius 3 is 2.65 bits per heavy atom. The molecule has 7 heteroatoms. The van der Waals surface area contributed by atoms with Crippen LogP contribution >= 0.6 is 0 Å². The topological polar surface area (TPSA) is 64.9 Å². The fraction of sp³-hybridized carbons (Fsp3) is 0.385. The number of alkyl halides is 3. The number of hydrogen-bond acceptors (Lipinski definition) is 3. The Morgan fingerprint density at radius 1 is 1.40 bits per heavy atom. The highest BCUT2D eigenvalue weighted by Crippen LogP contribution is 2.35. The van der Waals surface area contributed by atoms with Crippen LogP contribution < -0.4 is 10.6 Å². The first-order chi connectivity index (χ1) is 9.40. The minimum absolute atomic E-state index is 0.0258. The van der Waals surface area contributed by atoms with E-state index in [1.165, 1.54) is 6.07 Å². The molecule has 1 amide bonds. The molecule has 1 aromatic rings. The molecule has 0 heterocycles. The maximum atomic E-state index is 12.9. The van der Waals surface area contributed by atoms with E-state index in [1.807, 2.05) is 0 Å².